The van der Waals surface area contributed by atoms with Crippen LogP contribution >= 0.6 is 0 Å². The Labute approximate surface area is 387 Å². The van der Waals surface area contributed by atoms with E-state index in [0.29, 0.717) is 64.5 Å². The van der Waals surface area contributed by atoms with Gasteiger partial charge in [0.1, 0.15) is 6.54 Å². The largest absolute Gasteiger partial charge is 0.463 e. The Kier molecular flexibility index (Phi) is 14.5. The van der Waals surface area contributed by atoms with Crippen molar-refractivity contribution < 1.29 is 66.0 Å². The van der Waals surface area contributed by atoms with Crippen LogP contribution in [0.2, 0.25) is 0 Å². The summed E-state index contributed by atoms with van der Waals surface area (Å²) >= 11 is 0. The second kappa shape index (κ2) is 18.9. The van der Waals surface area contributed by atoms with Crippen LogP contribution in [-0.4, -0.2) is 98.8 Å². The van der Waals surface area contributed by atoms with Gasteiger partial charge in [0, 0.05) is 53.9 Å². The molecule has 2 aliphatic rings. The number of carbonyl (C=O) groups excluding carboxylic acids is 1. The number of aryl methyl sites for hydroxylation is 1. The summed E-state index contributed by atoms with van der Waals surface area (Å²) < 4.78 is 145. The van der Waals surface area contributed by atoms with E-state index in [1.165, 1.54) is 30.3 Å². The predicted octanol–water partition coefficient (Wildman–Crippen LogP) is 7.85. The maximum Gasteiger partial charge on any atom is 0.306 e. The molecule has 0 spiro atoms. The van der Waals surface area contributed by atoms with Gasteiger partial charge in [0.2, 0.25) is 5.69 Å². The van der Waals surface area contributed by atoms with Crippen LogP contribution < -0.4 is 4.90 Å². The lowest BCUT2D eigenvalue weighted by atomic mass is 9.75. The molecule has 4 aromatic rings. The number of unbranched alkanes of at least 4 members (excludes halogenated alkanes) is 2. The van der Waals surface area contributed by atoms with Crippen LogP contribution in [0.4, 0.5) is 11.4 Å². The number of rotatable bonds is 19. The van der Waals surface area contributed by atoms with Crippen LogP contribution in [0.5, 0.6) is 0 Å². The van der Waals surface area contributed by atoms with Crippen LogP contribution in [0.15, 0.2) is 88.3 Å². The maximum absolute atomic E-state index is 12.5. The number of esters is 1. The van der Waals surface area contributed by atoms with E-state index in [1.807, 2.05) is 50.0 Å². The fourth-order valence-electron chi connectivity index (χ4n) is 9.60. The average molecular weight is 990 g/mol. The van der Waals surface area contributed by atoms with Gasteiger partial charge in [0.25, 0.3) is 40.5 Å². The van der Waals surface area contributed by atoms with Crippen LogP contribution in [0.1, 0.15) is 96.3 Å². The molecule has 0 fully saturated rings. The topological polar surface area (TPSA) is 250 Å². The van der Waals surface area contributed by atoms with E-state index in [-0.39, 0.29) is 54.1 Å². The number of allylic oxidation sites excluding steroid dienone is 4. The van der Waals surface area contributed by atoms with Crippen LogP contribution in [0.3, 0.4) is 0 Å². The summed E-state index contributed by atoms with van der Waals surface area (Å²) in [5.41, 5.74) is 2.86. The number of fused-ring (bicyclic) bond motifs is 6. The quantitative estimate of drug-likeness (QED) is 0.0302. The third kappa shape index (κ3) is 11.1. The van der Waals surface area contributed by atoms with E-state index in [1.54, 1.807) is 39.0 Å². The first-order valence-corrected chi connectivity index (χ1v) is 27.6. The van der Waals surface area contributed by atoms with Crippen molar-refractivity contribution in [3.8, 4) is 0 Å². The third-order valence-corrected chi connectivity index (χ3v) is 15.7. The Morgan fingerprint density at radius 3 is 2.02 bits per heavy atom. The van der Waals surface area contributed by atoms with Crippen molar-refractivity contribution in [1.29, 1.82) is 0 Å². The highest BCUT2D eigenvalue weighted by Gasteiger charge is 2.47. The average Bonchev–Trinajstić information content (AvgIpc) is 3.55. The molecule has 358 valence electrons. The van der Waals surface area contributed by atoms with E-state index in [4.69, 9.17) is 4.74 Å². The van der Waals surface area contributed by atoms with E-state index in [0.717, 1.165) is 22.3 Å². The lowest BCUT2D eigenvalue weighted by Crippen LogP contribution is -2.31. The summed E-state index contributed by atoms with van der Waals surface area (Å²) in [4.78, 5) is 13.5. The molecule has 16 nitrogen and oxygen atoms in total. The molecule has 0 saturated heterocycles. The van der Waals surface area contributed by atoms with Gasteiger partial charge in [0.05, 0.1) is 32.8 Å². The molecule has 0 bridgehead atoms. The Morgan fingerprint density at radius 1 is 0.742 bits per heavy atom. The smallest absolute Gasteiger partial charge is 0.306 e. The minimum absolute atomic E-state index is 0.0375. The highest BCUT2D eigenvalue weighted by molar-refractivity contribution is 7.86. The standard InChI is InChI=1S/C46H56N2O14S4/c1-30(2)62-42(49)15-8-7-9-23-47-38-21-19-35-31(3)27-34(66(59,60)61)29-37(35)43(38)45(4,5)40(47)13-10-14-41-46(6,22-11-25-63(50,51)52)44-36-28-33(65(56,57)58)18-16-32(36)17-20-39(44)48(41)24-12-26-64(53,54)55/h10,13-14,16-21,27-30H,7-9,11-12,15,22-26H2,1-6H3,(H3-,50,51,52,53,54,55,56,57,58,59,60,61)/p+1. The van der Waals surface area contributed by atoms with Gasteiger partial charge in [-0.05, 0) is 149 Å². The molecule has 0 saturated carbocycles. The predicted molar refractivity (Wildman–Crippen MR) is 253 cm³/mol. The van der Waals surface area contributed by atoms with E-state index < -0.39 is 62.8 Å². The molecular formula is C46H57N2O14S4+. The number of ether oxygens (including phenoxy) is 1. The molecule has 0 aliphatic carbocycles. The molecule has 1 unspecified atom stereocenters. The first kappa shape index (κ1) is 50.9. The zero-order valence-electron chi connectivity index (χ0n) is 37.7. The lowest BCUT2D eigenvalue weighted by molar-refractivity contribution is -0.438. The van der Waals surface area contributed by atoms with Gasteiger partial charge >= 0.3 is 5.97 Å². The molecule has 2 heterocycles. The van der Waals surface area contributed by atoms with Crippen molar-refractivity contribution in [3.05, 3.63) is 95.2 Å². The minimum atomic E-state index is -4.67. The van der Waals surface area contributed by atoms with Gasteiger partial charge in [-0.1, -0.05) is 18.2 Å². The molecule has 2 aliphatic heterocycles. The van der Waals surface area contributed by atoms with E-state index >= 15 is 0 Å². The fourth-order valence-corrected chi connectivity index (χ4v) is 11.7. The molecule has 0 amide bonds. The van der Waals surface area contributed by atoms with Gasteiger partial charge in [-0.3, -0.25) is 23.0 Å². The fraction of sp³-hybridized carbons (Fsp3) is 0.435. The van der Waals surface area contributed by atoms with Gasteiger partial charge in [0.15, 0.2) is 5.71 Å². The van der Waals surface area contributed by atoms with Crippen LogP contribution in [0.25, 0.3) is 21.5 Å². The Morgan fingerprint density at radius 2 is 1.38 bits per heavy atom. The summed E-state index contributed by atoms with van der Waals surface area (Å²) in [6, 6.07) is 14.4. The second-order valence-electron chi connectivity index (χ2n) is 18.0. The Bertz CT molecular complexity index is 3160. The molecule has 4 aromatic carbocycles. The minimum Gasteiger partial charge on any atom is -0.463 e. The number of hydrogen-bond acceptors (Lipinski definition) is 11. The van der Waals surface area contributed by atoms with Crippen molar-refractivity contribution >= 4 is 85.1 Å². The van der Waals surface area contributed by atoms with Gasteiger partial charge in [-0.25, -0.2) is 0 Å². The monoisotopic (exact) mass is 989 g/mol. The van der Waals surface area contributed by atoms with Crippen molar-refractivity contribution in [3.63, 3.8) is 0 Å². The summed E-state index contributed by atoms with van der Waals surface area (Å²) in [5, 5.41) is 2.46. The number of nitrogens with zero attached hydrogens (tertiary/aromatic N) is 2. The second-order valence-corrected chi connectivity index (χ2v) is 24.0. The molecular weight excluding hydrogens is 933 g/mol. The molecule has 1 atom stereocenters. The molecule has 0 radical (unpaired) electrons. The molecule has 66 heavy (non-hydrogen) atoms. The third-order valence-electron chi connectivity index (χ3n) is 12.4. The first-order chi connectivity index (χ1) is 30.5. The number of hydrogen-bond donors (Lipinski definition) is 4. The highest BCUT2D eigenvalue weighted by atomic mass is 32.2. The number of carbonyl (C=O) groups is 1. The van der Waals surface area contributed by atoms with Crippen molar-refractivity contribution in [2.75, 3.05) is 29.5 Å². The van der Waals surface area contributed by atoms with E-state index in [2.05, 4.69) is 4.58 Å². The normalized spacial score (nSPS) is 18.3. The summed E-state index contributed by atoms with van der Waals surface area (Å²) in [7, 11) is -18.0. The van der Waals surface area contributed by atoms with Crippen molar-refractivity contribution in [1.82, 2.24) is 0 Å². The first-order valence-electron chi connectivity index (χ1n) is 21.5. The summed E-state index contributed by atoms with van der Waals surface area (Å²) in [6.07, 6.45) is 7.51. The Hall–Kier alpha value is -4.54. The van der Waals surface area contributed by atoms with Crippen molar-refractivity contribution in [2.45, 2.75) is 113 Å². The summed E-state index contributed by atoms with van der Waals surface area (Å²) in [6.45, 7) is 11.7. The molecule has 4 N–H and O–H groups in total. The van der Waals surface area contributed by atoms with Gasteiger partial charge in [-0.2, -0.15) is 38.2 Å². The summed E-state index contributed by atoms with van der Waals surface area (Å²) in [5.74, 6) is -1.45. The van der Waals surface area contributed by atoms with Crippen LogP contribution in [-0.2, 0) is 60.8 Å². The molecule has 20 heteroatoms. The van der Waals surface area contributed by atoms with E-state index in [9.17, 15) is 56.7 Å². The number of anilines is 1. The van der Waals surface area contributed by atoms with Crippen LogP contribution in [0, 0.1) is 6.92 Å². The number of benzene rings is 4. The van der Waals surface area contributed by atoms with Crippen molar-refractivity contribution in [2.24, 2.45) is 0 Å². The maximum atomic E-state index is 12.5. The molecule has 6 rings (SSSR count). The highest BCUT2D eigenvalue weighted by Crippen LogP contribution is 2.54. The Balaban J connectivity index is 1.53. The zero-order chi connectivity index (χ0) is 48.8. The van der Waals surface area contributed by atoms with Gasteiger partial charge < -0.3 is 9.64 Å². The molecule has 0 aromatic heterocycles. The van der Waals surface area contributed by atoms with Gasteiger partial charge in [-0.15, -0.1) is 0 Å². The zero-order valence-corrected chi connectivity index (χ0v) is 40.9. The SMILES string of the molecule is Cc1cc(S(=O)(=O)O)cc2c3c(ccc12)[N+](CCCCCC(=O)OC(C)C)=C(C=CC=C1N(CCCS(=O)(=O)O)c2ccc4ccc(S(=O)(=O)O)cc4c2C1(C)CCCS(=O)(=O)O)C3(C)C. The lowest BCUT2D eigenvalue weighted by Gasteiger charge is -2.31.